The first-order chi connectivity index (χ1) is 17.8. The number of hydrogen-bond donors (Lipinski definition) is 0. The number of rotatable bonds is 0. The summed E-state index contributed by atoms with van der Waals surface area (Å²) in [5.41, 5.74) is 14.8. The molecule has 0 unspecified atom stereocenters. The molecule has 4 bridgehead atoms. The molecule has 4 aromatic carbocycles. The summed E-state index contributed by atoms with van der Waals surface area (Å²) in [4.78, 5) is 0. The lowest BCUT2D eigenvalue weighted by atomic mass is 9.46. The molecule has 0 radical (unpaired) electrons. The van der Waals surface area contributed by atoms with Crippen molar-refractivity contribution in [2.75, 3.05) is 0 Å². The summed E-state index contributed by atoms with van der Waals surface area (Å²) in [5.74, 6) is 1.51. The van der Waals surface area contributed by atoms with Crippen LogP contribution in [0.1, 0.15) is 68.2 Å². The van der Waals surface area contributed by atoms with Crippen LogP contribution in [0, 0.1) is 11.8 Å². The molecular formula is C34H24Cl2. The predicted octanol–water partition coefficient (Wildman–Crippen LogP) is 8.33. The van der Waals surface area contributed by atoms with Crippen molar-refractivity contribution in [1.29, 1.82) is 0 Å². The second kappa shape index (κ2) is 6.94. The summed E-state index contributed by atoms with van der Waals surface area (Å²) in [6.45, 7) is 0. The average Bonchev–Trinajstić information content (AvgIpc) is 2.95. The molecule has 11 rings (SSSR count). The molecule has 2 heteroatoms. The summed E-state index contributed by atoms with van der Waals surface area (Å²) in [6, 6.07) is 36.4. The monoisotopic (exact) mass is 502 g/mol. The molecular weight excluding hydrogens is 479 g/mol. The molecule has 174 valence electrons. The Morgan fingerprint density at radius 3 is 0.889 bits per heavy atom. The first kappa shape index (κ1) is 20.3. The van der Waals surface area contributed by atoms with Crippen molar-refractivity contribution in [3.8, 4) is 0 Å². The number of alkyl halides is 2. The van der Waals surface area contributed by atoms with E-state index in [0.717, 1.165) is 0 Å². The lowest BCUT2D eigenvalue weighted by molar-refractivity contribution is 0.315. The molecule has 7 aliphatic rings. The van der Waals surface area contributed by atoms with Gasteiger partial charge in [-0.05, 0) is 44.5 Å². The van der Waals surface area contributed by atoms with Gasteiger partial charge in [0, 0.05) is 35.5 Å². The van der Waals surface area contributed by atoms with E-state index < -0.39 is 0 Å². The van der Waals surface area contributed by atoms with Gasteiger partial charge in [-0.15, -0.1) is 23.2 Å². The van der Waals surface area contributed by atoms with E-state index in [1.165, 1.54) is 44.5 Å². The van der Waals surface area contributed by atoms with E-state index in [9.17, 15) is 0 Å². The number of hydrogen-bond acceptors (Lipinski definition) is 0. The van der Waals surface area contributed by atoms with Gasteiger partial charge in [-0.25, -0.2) is 0 Å². The van der Waals surface area contributed by atoms with E-state index >= 15 is 0 Å². The second-order valence-electron chi connectivity index (χ2n) is 11.2. The van der Waals surface area contributed by atoms with Gasteiger partial charge >= 0.3 is 0 Å². The fraction of sp³-hybridized carbons (Fsp3) is 0.235. The highest BCUT2D eigenvalue weighted by Gasteiger charge is 2.60. The lowest BCUT2D eigenvalue weighted by Gasteiger charge is -2.59. The molecule has 0 spiro atoms. The molecule has 0 saturated heterocycles. The van der Waals surface area contributed by atoms with Gasteiger partial charge in [0.2, 0.25) is 0 Å². The Kier molecular flexibility index (Phi) is 3.91. The molecule has 0 aliphatic heterocycles. The zero-order valence-corrected chi connectivity index (χ0v) is 21.1. The highest BCUT2D eigenvalue weighted by atomic mass is 35.5. The van der Waals surface area contributed by atoms with Crippen LogP contribution in [-0.2, 0) is 0 Å². The van der Waals surface area contributed by atoms with E-state index in [-0.39, 0.29) is 46.3 Å². The number of halogens is 2. The molecule has 4 atom stereocenters. The Labute approximate surface area is 221 Å². The highest BCUT2D eigenvalue weighted by molar-refractivity contribution is 6.31. The normalized spacial score (nSPS) is 33.7. The van der Waals surface area contributed by atoms with E-state index in [1.54, 1.807) is 11.1 Å². The predicted molar refractivity (Wildman–Crippen MR) is 146 cm³/mol. The summed E-state index contributed by atoms with van der Waals surface area (Å²) in [6.07, 6.45) is 0. The van der Waals surface area contributed by atoms with Gasteiger partial charge in [-0.2, -0.15) is 0 Å². The molecule has 0 saturated carbocycles. The van der Waals surface area contributed by atoms with Crippen molar-refractivity contribution in [3.63, 3.8) is 0 Å². The molecule has 36 heavy (non-hydrogen) atoms. The van der Waals surface area contributed by atoms with Gasteiger partial charge in [0.15, 0.2) is 0 Å². The van der Waals surface area contributed by atoms with Crippen LogP contribution in [0.25, 0.3) is 0 Å². The van der Waals surface area contributed by atoms with Gasteiger partial charge in [0.05, 0.1) is 10.8 Å². The van der Waals surface area contributed by atoms with Crippen LogP contribution in [0.2, 0.25) is 0 Å². The van der Waals surface area contributed by atoms with Crippen molar-refractivity contribution < 1.29 is 0 Å². The number of benzene rings is 4. The molecule has 7 aliphatic carbocycles. The standard InChI is InChI=1S/C34H24Cl2/c35-33-31-27-21-13-5-1-9-17(21)25(18-10-2-6-14-22(18)27)29(31)30-26-19-11-3-7-15-23(19)28(32(30)34(33)36)24-16-8-4-12-20(24)26/h1-16,25-28,31-34H/t25?,26?,27?,28?,31-,32-,33+,34+/m0/s1. The topological polar surface area (TPSA) is 0 Å². The minimum absolute atomic E-state index is 0.108. The van der Waals surface area contributed by atoms with Crippen LogP contribution < -0.4 is 0 Å². The van der Waals surface area contributed by atoms with Crippen LogP contribution in [-0.4, -0.2) is 10.8 Å². The van der Waals surface area contributed by atoms with Crippen LogP contribution >= 0.6 is 23.2 Å². The molecule has 0 amide bonds. The fourth-order valence-corrected chi connectivity index (χ4v) is 9.79. The molecule has 0 heterocycles. The Morgan fingerprint density at radius 1 is 0.361 bits per heavy atom. The summed E-state index contributed by atoms with van der Waals surface area (Å²) < 4.78 is 0. The van der Waals surface area contributed by atoms with Crippen molar-refractivity contribution in [1.82, 2.24) is 0 Å². The lowest BCUT2D eigenvalue weighted by Crippen LogP contribution is -2.52. The third-order valence-electron chi connectivity index (χ3n) is 9.95. The smallest absolute Gasteiger partial charge is 0.0580 e. The summed E-state index contributed by atoms with van der Waals surface area (Å²) in [7, 11) is 0. The van der Waals surface area contributed by atoms with Crippen LogP contribution in [0.5, 0.6) is 0 Å². The SMILES string of the molecule is Cl[C@H]1[C@H](Cl)[C@@H]2C(=C3C4c5ccccc5C(c5ccccc54)[C@@H]31)C1c3ccccc3C2c2ccccc21. The maximum Gasteiger partial charge on any atom is 0.0580 e. The van der Waals surface area contributed by atoms with Crippen molar-refractivity contribution in [3.05, 3.63) is 153 Å². The van der Waals surface area contributed by atoms with E-state index in [1.807, 2.05) is 0 Å². The van der Waals surface area contributed by atoms with Crippen LogP contribution in [0.15, 0.2) is 108 Å². The van der Waals surface area contributed by atoms with E-state index in [4.69, 9.17) is 23.2 Å². The quantitative estimate of drug-likeness (QED) is 0.167. The fourth-order valence-electron chi connectivity index (χ4n) is 8.91. The Bertz CT molecular complexity index is 1410. The first-order valence-electron chi connectivity index (χ1n) is 13.1. The minimum atomic E-state index is -0.108. The minimum Gasteiger partial charge on any atom is -0.121 e. The Balaban J connectivity index is 1.43. The maximum absolute atomic E-state index is 7.51. The van der Waals surface area contributed by atoms with Gasteiger partial charge in [0.1, 0.15) is 0 Å². The van der Waals surface area contributed by atoms with Crippen molar-refractivity contribution in [2.24, 2.45) is 11.8 Å². The van der Waals surface area contributed by atoms with Crippen LogP contribution in [0.3, 0.4) is 0 Å². The Hall–Kier alpha value is -2.80. The van der Waals surface area contributed by atoms with E-state index in [0.29, 0.717) is 0 Å². The molecule has 0 fully saturated rings. The summed E-state index contributed by atoms with van der Waals surface area (Å²) >= 11 is 15.0. The third kappa shape index (κ3) is 2.22. The number of allylic oxidation sites excluding steroid dienone is 2. The van der Waals surface area contributed by atoms with Gasteiger partial charge in [-0.1, -0.05) is 108 Å². The van der Waals surface area contributed by atoms with Crippen molar-refractivity contribution >= 4 is 23.2 Å². The second-order valence-corrected chi connectivity index (χ2v) is 12.2. The van der Waals surface area contributed by atoms with Gasteiger partial charge in [0.25, 0.3) is 0 Å². The third-order valence-corrected chi connectivity index (χ3v) is 11.2. The average molecular weight is 503 g/mol. The van der Waals surface area contributed by atoms with Crippen LogP contribution in [0.4, 0.5) is 0 Å². The molecule has 0 N–H and O–H groups in total. The molecule has 0 aromatic heterocycles. The zero-order valence-electron chi connectivity index (χ0n) is 19.6. The Morgan fingerprint density at radius 2 is 0.611 bits per heavy atom. The van der Waals surface area contributed by atoms with E-state index in [2.05, 4.69) is 97.1 Å². The zero-order chi connectivity index (χ0) is 23.7. The largest absolute Gasteiger partial charge is 0.121 e. The molecule has 0 nitrogen and oxygen atoms in total. The highest BCUT2D eigenvalue weighted by Crippen LogP contribution is 2.70. The summed E-state index contributed by atoms with van der Waals surface area (Å²) in [5, 5.41) is -0.216. The van der Waals surface area contributed by atoms with Crippen molar-refractivity contribution in [2.45, 2.75) is 34.4 Å². The van der Waals surface area contributed by atoms with Gasteiger partial charge in [-0.3, -0.25) is 0 Å². The maximum atomic E-state index is 7.51. The molecule has 4 aromatic rings. The van der Waals surface area contributed by atoms with Gasteiger partial charge < -0.3 is 0 Å². The first-order valence-corrected chi connectivity index (χ1v) is 14.0.